The lowest BCUT2D eigenvalue weighted by Gasteiger charge is -2.45. The highest BCUT2D eigenvalue weighted by atomic mass is 16.6. The molecule has 1 aromatic carbocycles. The van der Waals surface area contributed by atoms with Crippen LogP contribution in [-0.4, -0.2) is 42.1 Å². The Labute approximate surface area is 142 Å². The molecule has 130 valence electrons. The monoisotopic (exact) mass is 331 g/mol. The molecule has 0 saturated carbocycles. The molecule has 24 heavy (non-hydrogen) atoms. The van der Waals surface area contributed by atoms with Crippen molar-refractivity contribution in [2.75, 3.05) is 7.05 Å². The van der Waals surface area contributed by atoms with Crippen LogP contribution in [0.4, 0.5) is 0 Å². The van der Waals surface area contributed by atoms with Crippen LogP contribution in [0, 0.1) is 5.92 Å². The van der Waals surface area contributed by atoms with Gasteiger partial charge in [-0.3, -0.25) is 14.5 Å². The number of fused-ring (bicyclic) bond motifs is 2. The Morgan fingerprint density at radius 1 is 1.12 bits per heavy atom. The Morgan fingerprint density at radius 3 is 2.46 bits per heavy atom. The molecule has 5 atom stereocenters. The van der Waals surface area contributed by atoms with Gasteiger partial charge in [-0.15, -0.1) is 0 Å². The number of benzene rings is 1. The van der Waals surface area contributed by atoms with Crippen LogP contribution in [0.5, 0.6) is 0 Å². The van der Waals surface area contributed by atoms with Gasteiger partial charge in [0.15, 0.2) is 0 Å². The predicted octanol–water partition coefficient (Wildman–Crippen LogP) is 2.71. The van der Waals surface area contributed by atoms with Crippen molar-refractivity contribution in [3.05, 3.63) is 35.9 Å². The van der Waals surface area contributed by atoms with E-state index in [1.54, 1.807) is 0 Å². The molecule has 0 amide bonds. The summed E-state index contributed by atoms with van der Waals surface area (Å²) in [4.78, 5) is 25.7. The van der Waals surface area contributed by atoms with Crippen molar-refractivity contribution < 1.29 is 19.1 Å². The topological polar surface area (TPSA) is 55.8 Å². The third-order valence-electron chi connectivity index (χ3n) is 5.36. The predicted molar refractivity (Wildman–Crippen MR) is 89.2 cm³/mol. The molecule has 2 saturated heterocycles. The van der Waals surface area contributed by atoms with Crippen LogP contribution < -0.4 is 0 Å². The first-order valence-corrected chi connectivity index (χ1v) is 8.58. The van der Waals surface area contributed by atoms with Crippen LogP contribution in [0.25, 0.3) is 0 Å². The largest absolute Gasteiger partial charge is 0.462 e. The summed E-state index contributed by atoms with van der Waals surface area (Å²) in [5.74, 6) is -0.638. The van der Waals surface area contributed by atoms with Gasteiger partial charge in [-0.25, -0.2) is 0 Å². The summed E-state index contributed by atoms with van der Waals surface area (Å²) >= 11 is 0. The summed E-state index contributed by atoms with van der Waals surface area (Å²) in [6, 6.07) is 10.4. The maximum atomic E-state index is 11.7. The van der Waals surface area contributed by atoms with Crippen LogP contribution in [0.2, 0.25) is 0 Å². The first-order chi connectivity index (χ1) is 11.5. The average Bonchev–Trinajstić information content (AvgIpc) is 2.77. The van der Waals surface area contributed by atoms with Crippen molar-refractivity contribution in [2.45, 2.75) is 57.4 Å². The number of piperidine rings is 1. The van der Waals surface area contributed by atoms with E-state index >= 15 is 0 Å². The van der Waals surface area contributed by atoms with Crippen molar-refractivity contribution in [1.29, 1.82) is 0 Å². The SMILES string of the molecule is CC(=O)OC1CC2CCC(C1C(OC(C)=O)c1ccccc1)N2C. The minimum Gasteiger partial charge on any atom is -0.462 e. The lowest BCUT2D eigenvalue weighted by molar-refractivity contribution is -0.169. The number of nitrogens with zero attached hydrogens (tertiary/aromatic N) is 1. The fourth-order valence-electron chi connectivity index (χ4n) is 4.39. The number of hydrogen-bond donors (Lipinski definition) is 0. The van der Waals surface area contributed by atoms with Crippen molar-refractivity contribution in [1.82, 2.24) is 4.90 Å². The van der Waals surface area contributed by atoms with Crippen molar-refractivity contribution in [2.24, 2.45) is 5.92 Å². The molecule has 2 aliphatic heterocycles. The van der Waals surface area contributed by atoms with Gasteiger partial charge in [0, 0.05) is 32.4 Å². The molecular weight excluding hydrogens is 306 g/mol. The summed E-state index contributed by atoms with van der Waals surface area (Å²) in [5, 5.41) is 0. The molecule has 2 heterocycles. The fourth-order valence-corrected chi connectivity index (χ4v) is 4.39. The molecule has 0 aliphatic carbocycles. The van der Waals surface area contributed by atoms with Gasteiger partial charge in [-0.1, -0.05) is 30.3 Å². The molecular formula is C19H25NO4. The summed E-state index contributed by atoms with van der Waals surface area (Å²) in [6.45, 7) is 2.88. The van der Waals surface area contributed by atoms with E-state index in [4.69, 9.17) is 9.47 Å². The van der Waals surface area contributed by atoms with Gasteiger partial charge >= 0.3 is 11.9 Å². The van der Waals surface area contributed by atoms with Gasteiger partial charge in [0.25, 0.3) is 0 Å². The molecule has 2 bridgehead atoms. The lowest BCUT2D eigenvalue weighted by Crippen LogP contribution is -2.52. The van der Waals surface area contributed by atoms with E-state index in [1.807, 2.05) is 30.3 Å². The van der Waals surface area contributed by atoms with Crippen molar-refractivity contribution in [3.63, 3.8) is 0 Å². The van der Waals surface area contributed by atoms with E-state index in [0.717, 1.165) is 24.8 Å². The van der Waals surface area contributed by atoms with Gasteiger partial charge in [-0.2, -0.15) is 0 Å². The highest BCUT2D eigenvalue weighted by molar-refractivity contribution is 5.67. The quantitative estimate of drug-likeness (QED) is 0.794. The van der Waals surface area contributed by atoms with Gasteiger partial charge in [-0.05, 0) is 25.5 Å². The maximum absolute atomic E-state index is 11.7. The van der Waals surface area contributed by atoms with E-state index in [1.165, 1.54) is 13.8 Å². The standard InChI is InChI=1S/C19H25NO4/c1-12(21)23-17-11-15-9-10-16(20(15)3)18(17)19(24-13(2)22)14-7-5-4-6-8-14/h4-8,15-19H,9-11H2,1-3H3. The van der Waals surface area contributed by atoms with E-state index in [-0.39, 0.29) is 30.0 Å². The minimum atomic E-state index is -0.403. The Balaban J connectivity index is 1.97. The van der Waals surface area contributed by atoms with Gasteiger partial charge in [0.05, 0.1) is 5.92 Å². The zero-order valence-corrected chi connectivity index (χ0v) is 14.5. The number of carbonyl (C=O) groups excluding carboxylic acids is 2. The summed E-state index contributed by atoms with van der Waals surface area (Å²) in [6.07, 6.45) is 2.30. The molecule has 3 rings (SSSR count). The zero-order chi connectivity index (χ0) is 17.3. The molecule has 0 spiro atoms. The van der Waals surface area contributed by atoms with Crippen LogP contribution >= 0.6 is 0 Å². The first kappa shape index (κ1) is 17.0. The molecule has 0 aromatic heterocycles. The highest BCUT2D eigenvalue weighted by Crippen LogP contribution is 2.46. The maximum Gasteiger partial charge on any atom is 0.303 e. The summed E-state index contributed by atoms with van der Waals surface area (Å²) in [7, 11) is 2.12. The van der Waals surface area contributed by atoms with Gasteiger partial charge < -0.3 is 9.47 Å². The van der Waals surface area contributed by atoms with Crippen molar-refractivity contribution in [3.8, 4) is 0 Å². The summed E-state index contributed by atoms with van der Waals surface area (Å²) < 4.78 is 11.4. The highest BCUT2D eigenvalue weighted by Gasteiger charge is 2.51. The normalized spacial score (nSPS) is 30.6. The van der Waals surface area contributed by atoms with Crippen molar-refractivity contribution >= 4 is 11.9 Å². The Kier molecular flexibility index (Phi) is 4.90. The number of hydrogen-bond acceptors (Lipinski definition) is 5. The second kappa shape index (κ2) is 6.93. The smallest absolute Gasteiger partial charge is 0.303 e. The molecule has 2 aliphatic rings. The van der Waals surface area contributed by atoms with E-state index < -0.39 is 6.10 Å². The van der Waals surface area contributed by atoms with Crippen LogP contribution in [0.3, 0.4) is 0 Å². The number of carbonyl (C=O) groups is 2. The number of ether oxygens (including phenoxy) is 2. The van der Waals surface area contributed by atoms with Crippen LogP contribution in [0.1, 0.15) is 44.8 Å². The van der Waals surface area contributed by atoms with Gasteiger partial charge in [0.1, 0.15) is 12.2 Å². The Hall–Kier alpha value is -1.88. The molecule has 0 radical (unpaired) electrons. The number of rotatable bonds is 4. The minimum absolute atomic E-state index is 0.0519. The van der Waals surface area contributed by atoms with E-state index in [2.05, 4.69) is 11.9 Å². The molecule has 5 unspecified atom stereocenters. The Bertz CT molecular complexity index is 603. The lowest BCUT2D eigenvalue weighted by atomic mass is 9.80. The number of esters is 2. The molecule has 0 N–H and O–H groups in total. The zero-order valence-electron chi connectivity index (χ0n) is 14.5. The first-order valence-electron chi connectivity index (χ1n) is 8.58. The molecule has 5 nitrogen and oxygen atoms in total. The van der Waals surface area contributed by atoms with Crippen LogP contribution in [0.15, 0.2) is 30.3 Å². The summed E-state index contributed by atoms with van der Waals surface area (Å²) in [5.41, 5.74) is 0.952. The molecule has 1 aromatic rings. The third-order valence-corrected chi connectivity index (χ3v) is 5.36. The Morgan fingerprint density at radius 2 is 1.83 bits per heavy atom. The van der Waals surface area contributed by atoms with Crippen LogP contribution in [-0.2, 0) is 19.1 Å². The molecule has 5 heteroatoms. The molecule has 2 fully saturated rings. The van der Waals surface area contributed by atoms with Gasteiger partial charge in [0.2, 0.25) is 0 Å². The van der Waals surface area contributed by atoms with E-state index in [9.17, 15) is 9.59 Å². The fraction of sp³-hybridized carbons (Fsp3) is 0.579. The average molecular weight is 331 g/mol. The second-order valence-electron chi connectivity index (χ2n) is 6.87. The van der Waals surface area contributed by atoms with E-state index in [0.29, 0.717) is 6.04 Å². The third kappa shape index (κ3) is 3.31. The second-order valence-corrected chi connectivity index (χ2v) is 6.87.